The van der Waals surface area contributed by atoms with Crippen LogP contribution in [0.2, 0.25) is 5.02 Å². The molecular formula is C11H12ClFO. The SMILES string of the molecule is OCCC1CCc2c(F)ccc(Cl)c21. The van der Waals surface area contributed by atoms with Crippen LogP contribution in [0, 0.1) is 5.82 Å². The van der Waals surface area contributed by atoms with E-state index in [1.165, 1.54) is 6.07 Å². The maximum absolute atomic E-state index is 13.4. The van der Waals surface area contributed by atoms with E-state index in [-0.39, 0.29) is 18.3 Å². The molecular weight excluding hydrogens is 203 g/mol. The van der Waals surface area contributed by atoms with Gasteiger partial charge in [0.2, 0.25) is 0 Å². The van der Waals surface area contributed by atoms with E-state index in [0.29, 0.717) is 11.4 Å². The van der Waals surface area contributed by atoms with Crippen molar-refractivity contribution in [1.29, 1.82) is 0 Å². The first kappa shape index (κ1) is 9.94. The summed E-state index contributed by atoms with van der Waals surface area (Å²) in [6.45, 7) is 0.136. The van der Waals surface area contributed by atoms with Crippen molar-refractivity contribution in [1.82, 2.24) is 0 Å². The van der Waals surface area contributed by atoms with Crippen molar-refractivity contribution in [3.8, 4) is 0 Å². The maximum Gasteiger partial charge on any atom is 0.126 e. The van der Waals surface area contributed by atoms with Gasteiger partial charge in [-0.1, -0.05) is 11.6 Å². The number of rotatable bonds is 2. The van der Waals surface area contributed by atoms with Crippen LogP contribution in [0.3, 0.4) is 0 Å². The molecule has 3 heteroatoms. The molecule has 1 aliphatic rings. The standard InChI is InChI=1S/C11H12ClFO/c12-9-3-4-10(13)8-2-1-7(5-6-14)11(8)9/h3-4,7,14H,1-2,5-6H2. The summed E-state index contributed by atoms with van der Waals surface area (Å²) in [5.41, 5.74) is 1.66. The molecule has 1 aromatic carbocycles. The van der Waals surface area contributed by atoms with Crippen LogP contribution in [0.1, 0.15) is 29.9 Å². The third kappa shape index (κ3) is 1.53. The summed E-state index contributed by atoms with van der Waals surface area (Å²) < 4.78 is 13.4. The summed E-state index contributed by atoms with van der Waals surface area (Å²) in [6, 6.07) is 3.02. The molecule has 0 amide bonds. The molecule has 1 unspecified atom stereocenters. The van der Waals surface area contributed by atoms with Crippen molar-refractivity contribution in [3.63, 3.8) is 0 Å². The van der Waals surface area contributed by atoms with Gasteiger partial charge >= 0.3 is 0 Å². The number of hydrogen-bond donors (Lipinski definition) is 1. The molecule has 0 bridgehead atoms. The molecule has 14 heavy (non-hydrogen) atoms. The Morgan fingerprint density at radius 1 is 1.50 bits per heavy atom. The molecule has 0 heterocycles. The quantitative estimate of drug-likeness (QED) is 0.803. The summed E-state index contributed by atoms with van der Waals surface area (Å²) in [7, 11) is 0. The van der Waals surface area contributed by atoms with Gasteiger partial charge in [0.1, 0.15) is 5.82 Å². The van der Waals surface area contributed by atoms with Crippen LogP contribution in [0.5, 0.6) is 0 Å². The van der Waals surface area contributed by atoms with Gasteiger partial charge in [0.05, 0.1) is 0 Å². The first-order valence-corrected chi connectivity index (χ1v) is 5.19. The minimum Gasteiger partial charge on any atom is -0.396 e. The van der Waals surface area contributed by atoms with Crippen molar-refractivity contribution in [2.45, 2.75) is 25.2 Å². The van der Waals surface area contributed by atoms with Crippen LogP contribution in [-0.4, -0.2) is 11.7 Å². The van der Waals surface area contributed by atoms with Crippen LogP contribution in [0.15, 0.2) is 12.1 Å². The number of aliphatic hydroxyl groups excluding tert-OH is 1. The molecule has 1 aliphatic carbocycles. The lowest BCUT2D eigenvalue weighted by molar-refractivity contribution is 0.275. The zero-order chi connectivity index (χ0) is 10.1. The van der Waals surface area contributed by atoms with Crippen LogP contribution in [-0.2, 0) is 6.42 Å². The number of aliphatic hydroxyl groups is 1. The van der Waals surface area contributed by atoms with E-state index in [1.54, 1.807) is 6.07 Å². The monoisotopic (exact) mass is 214 g/mol. The average molecular weight is 215 g/mol. The van der Waals surface area contributed by atoms with Gasteiger partial charge in [-0.05, 0) is 48.4 Å². The second-order valence-corrected chi connectivity index (χ2v) is 4.08. The Hall–Kier alpha value is -0.600. The maximum atomic E-state index is 13.4. The Morgan fingerprint density at radius 2 is 2.29 bits per heavy atom. The van der Waals surface area contributed by atoms with Gasteiger partial charge in [-0.15, -0.1) is 0 Å². The Labute approximate surface area is 87.5 Å². The van der Waals surface area contributed by atoms with E-state index in [4.69, 9.17) is 16.7 Å². The molecule has 1 nitrogen and oxygen atoms in total. The highest BCUT2D eigenvalue weighted by atomic mass is 35.5. The highest BCUT2D eigenvalue weighted by molar-refractivity contribution is 6.31. The lowest BCUT2D eigenvalue weighted by Crippen LogP contribution is -1.98. The number of fused-ring (bicyclic) bond motifs is 1. The molecule has 0 aromatic heterocycles. The highest BCUT2D eigenvalue weighted by Crippen LogP contribution is 2.40. The van der Waals surface area contributed by atoms with Gasteiger partial charge in [0.25, 0.3) is 0 Å². The molecule has 0 aliphatic heterocycles. The minimum atomic E-state index is -0.162. The van der Waals surface area contributed by atoms with E-state index >= 15 is 0 Å². The summed E-state index contributed by atoms with van der Waals surface area (Å²) in [5.74, 6) is 0.0723. The molecule has 1 N–H and O–H groups in total. The zero-order valence-electron chi connectivity index (χ0n) is 7.76. The van der Waals surface area contributed by atoms with E-state index < -0.39 is 0 Å². The highest BCUT2D eigenvalue weighted by Gasteiger charge is 2.26. The predicted octanol–water partition coefficient (Wildman–Crippen LogP) is 2.89. The Kier molecular flexibility index (Phi) is 2.75. The summed E-state index contributed by atoms with van der Waals surface area (Å²) in [6.07, 6.45) is 2.32. The van der Waals surface area contributed by atoms with E-state index in [9.17, 15) is 4.39 Å². The topological polar surface area (TPSA) is 20.2 Å². The fourth-order valence-electron chi connectivity index (χ4n) is 2.21. The van der Waals surface area contributed by atoms with E-state index in [0.717, 1.165) is 24.0 Å². The third-order valence-corrected chi connectivity index (χ3v) is 3.20. The Bertz CT molecular complexity index is 351. The lowest BCUT2D eigenvalue weighted by atomic mass is 9.98. The van der Waals surface area contributed by atoms with Crippen molar-refractivity contribution in [3.05, 3.63) is 34.1 Å². The molecule has 0 saturated heterocycles. The van der Waals surface area contributed by atoms with Crippen molar-refractivity contribution >= 4 is 11.6 Å². The molecule has 0 spiro atoms. The predicted molar refractivity (Wildman–Crippen MR) is 54.2 cm³/mol. The van der Waals surface area contributed by atoms with Crippen molar-refractivity contribution in [2.75, 3.05) is 6.61 Å². The largest absolute Gasteiger partial charge is 0.396 e. The molecule has 76 valence electrons. The number of benzene rings is 1. The molecule has 1 atom stereocenters. The smallest absolute Gasteiger partial charge is 0.126 e. The van der Waals surface area contributed by atoms with Crippen molar-refractivity contribution < 1.29 is 9.50 Å². The second kappa shape index (κ2) is 3.87. The summed E-state index contributed by atoms with van der Waals surface area (Å²) in [4.78, 5) is 0. The normalized spacial score (nSPS) is 19.8. The average Bonchev–Trinajstić information content (AvgIpc) is 2.58. The second-order valence-electron chi connectivity index (χ2n) is 3.67. The first-order valence-electron chi connectivity index (χ1n) is 4.81. The molecule has 0 fully saturated rings. The van der Waals surface area contributed by atoms with Crippen LogP contribution >= 0.6 is 11.6 Å². The van der Waals surface area contributed by atoms with Crippen LogP contribution in [0.4, 0.5) is 4.39 Å². The molecule has 2 rings (SSSR count). The summed E-state index contributed by atoms with van der Waals surface area (Å²) >= 11 is 6.02. The minimum absolute atomic E-state index is 0.136. The first-order chi connectivity index (χ1) is 6.74. The fraction of sp³-hybridized carbons (Fsp3) is 0.455. The number of hydrogen-bond acceptors (Lipinski definition) is 1. The van der Waals surface area contributed by atoms with Crippen LogP contribution in [0.25, 0.3) is 0 Å². The van der Waals surface area contributed by atoms with E-state index in [1.807, 2.05) is 0 Å². The Morgan fingerprint density at radius 3 is 3.00 bits per heavy atom. The van der Waals surface area contributed by atoms with Gasteiger partial charge in [-0.2, -0.15) is 0 Å². The van der Waals surface area contributed by atoms with Gasteiger partial charge in [-0.3, -0.25) is 0 Å². The lowest BCUT2D eigenvalue weighted by Gasteiger charge is -2.11. The number of halogens is 2. The third-order valence-electron chi connectivity index (χ3n) is 2.88. The zero-order valence-corrected chi connectivity index (χ0v) is 8.52. The van der Waals surface area contributed by atoms with Gasteiger partial charge in [-0.25, -0.2) is 4.39 Å². The fourth-order valence-corrected chi connectivity index (χ4v) is 2.54. The van der Waals surface area contributed by atoms with Crippen LogP contribution < -0.4 is 0 Å². The molecule has 0 radical (unpaired) electrons. The van der Waals surface area contributed by atoms with Gasteiger partial charge < -0.3 is 5.11 Å². The molecule has 1 aromatic rings. The van der Waals surface area contributed by atoms with Gasteiger partial charge in [0, 0.05) is 11.6 Å². The summed E-state index contributed by atoms with van der Waals surface area (Å²) in [5, 5.41) is 9.51. The Balaban J connectivity index is 2.42. The van der Waals surface area contributed by atoms with E-state index in [2.05, 4.69) is 0 Å². The molecule has 0 saturated carbocycles. The van der Waals surface area contributed by atoms with Crippen molar-refractivity contribution in [2.24, 2.45) is 0 Å². The van der Waals surface area contributed by atoms with Gasteiger partial charge in [0.15, 0.2) is 0 Å².